The summed E-state index contributed by atoms with van der Waals surface area (Å²) in [4.78, 5) is 34.8. The van der Waals surface area contributed by atoms with E-state index >= 15 is 0 Å². The SMILES string of the molecule is COc1cc(OC)c2c(=O)cc(-c3ccccc3Cl)oc2c1C1CCN(C)C1CO.O=C(O)C(O)C(O)C(=O)O. The van der Waals surface area contributed by atoms with Crippen LogP contribution in [-0.4, -0.2) is 95.0 Å². The van der Waals surface area contributed by atoms with Gasteiger partial charge in [-0.05, 0) is 32.1 Å². The van der Waals surface area contributed by atoms with Gasteiger partial charge >= 0.3 is 11.9 Å². The fourth-order valence-electron chi connectivity index (χ4n) is 4.65. The van der Waals surface area contributed by atoms with Crippen LogP contribution in [0.15, 0.2) is 45.6 Å². The second-order valence-corrected chi connectivity index (χ2v) is 9.45. The molecule has 0 bridgehead atoms. The van der Waals surface area contributed by atoms with Gasteiger partial charge < -0.3 is 44.3 Å². The van der Waals surface area contributed by atoms with Gasteiger partial charge in [0.25, 0.3) is 0 Å². The molecule has 4 atom stereocenters. The van der Waals surface area contributed by atoms with Crippen LogP contribution in [0.4, 0.5) is 0 Å². The first kappa shape index (κ1) is 30.9. The van der Waals surface area contributed by atoms with Gasteiger partial charge in [0.2, 0.25) is 0 Å². The number of likely N-dealkylation sites (tertiary alicyclic amines) is 1. The number of halogens is 1. The van der Waals surface area contributed by atoms with E-state index < -0.39 is 24.1 Å². The van der Waals surface area contributed by atoms with Gasteiger partial charge in [0.1, 0.15) is 28.2 Å². The Bertz CT molecular complexity index is 1420. The molecule has 2 aromatic carbocycles. The number of carbonyl (C=O) groups is 2. The number of carboxylic acids is 2. The molecule has 5 N–H and O–H groups in total. The number of aliphatic hydroxyl groups is 3. The third kappa shape index (κ3) is 6.21. The summed E-state index contributed by atoms with van der Waals surface area (Å²) in [5, 5.41) is 43.4. The lowest BCUT2D eigenvalue weighted by atomic mass is 9.89. The molecule has 4 unspecified atom stereocenters. The highest BCUT2D eigenvalue weighted by Gasteiger charge is 2.37. The minimum Gasteiger partial charge on any atom is -0.496 e. The summed E-state index contributed by atoms with van der Waals surface area (Å²) < 4.78 is 17.5. The van der Waals surface area contributed by atoms with Crippen molar-refractivity contribution in [2.45, 2.75) is 30.6 Å². The Morgan fingerprint density at radius 2 is 1.68 bits per heavy atom. The molecule has 216 valence electrons. The Labute approximate surface area is 233 Å². The van der Waals surface area contributed by atoms with Crippen molar-refractivity contribution in [3.8, 4) is 22.8 Å². The average molecular weight is 580 g/mol. The highest BCUT2D eigenvalue weighted by Crippen LogP contribution is 2.45. The lowest BCUT2D eigenvalue weighted by Crippen LogP contribution is -2.39. The lowest BCUT2D eigenvalue weighted by molar-refractivity contribution is -0.165. The van der Waals surface area contributed by atoms with Crippen molar-refractivity contribution in [3.63, 3.8) is 0 Å². The van der Waals surface area contributed by atoms with E-state index in [0.29, 0.717) is 38.8 Å². The van der Waals surface area contributed by atoms with E-state index in [9.17, 15) is 19.5 Å². The van der Waals surface area contributed by atoms with Crippen LogP contribution in [0.25, 0.3) is 22.3 Å². The summed E-state index contributed by atoms with van der Waals surface area (Å²) in [7, 11) is 5.06. The van der Waals surface area contributed by atoms with Gasteiger partial charge in [-0.25, -0.2) is 9.59 Å². The zero-order valence-electron chi connectivity index (χ0n) is 21.9. The Balaban J connectivity index is 0.000000378. The molecular formula is C27H30ClNO11. The van der Waals surface area contributed by atoms with Gasteiger partial charge in [0, 0.05) is 35.2 Å². The van der Waals surface area contributed by atoms with Crippen molar-refractivity contribution in [2.24, 2.45) is 0 Å². The lowest BCUT2D eigenvalue weighted by Gasteiger charge is -2.25. The van der Waals surface area contributed by atoms with Crippen LogP contribution in [0.2, 0.25) is 5.02 Å². The summed E-state index contributed by atoms with van der Waals surface area (Å²) in [5.41, 5.74) is 1.59. The first-order valence-electron chi connectivity index (χ1n) is 12.1. The maximum atomic E-state index is 13.2. The summed E-state index contributed by atoms with van der Waals surface area (Å²) in [5.74, 6) is -2.27. The minimum absolute atomic E-state index is 0.00766. The predicted molar refractivity (Wildman–Crippen MR) is 144 cm³/mol. The van der Waals surface area contributed by atoms with Crippen LogP contribution >= 0.6 is 11.6 Å². The Morgan fingerprint density at radius 3 is 2.20 bits per heavy atom. The molecule has 2 heterocycles. The smallest absolute Gasteiger partial charge is 0.335 e. The van der Waals surface area contributed by atoms with Crippen molar-refractivity contribution >= 4 is 34.5 Å². The van der Waals surface area contributed by atoms with Crippen LogP contribution in [0.3, 0.4) is 0 Å². The number of aliphatic carboxylic acids is 2. The Morgan fingerprint density at radius 1 is 1.07 bits per heavy atom. The van der Waals surface area contributed by atoms with Crippen molar-refractivity contribution < 1.29 is 49.0 Å². The first-order chi connectivity index (χ1) is 19.0. The third-order valence-electron chi connectivity index (χ3n) is 6.73. The van der Waals surface area contributed by atoms with Gasteiger partial charge in [-0.2, -0.15) is 0 Å². The number of hydrogen-bond donors (Lipinski definition) is 5. The van der Waals surface area contributed by atoms with Gasteiger partial charge in [0.15, 0.2) is 17.6 Å². The molecule has 0 saturated carbocycles. The Kier molecular flexibility index (Phi) is 10.1. The normalized spacial score (nSPS) is 18.5. The topological polar surface area (TPSA) is 187 Å². The molecule has 0 spiro atoms. The molecule has 40 heavy (non-hydrogen) atoms. The number of methoxy groups -OCH3 is 2. The largest absolute Gasteiger partial charge is 0.496 e. The molecule has 1 fully saturated rings. The molecule has 0 aliphatic carbocycles. The quantitative estimate of drug-likeness (QED) is 0.261. The molecule has 1 aliphatic heterocycles. The number of likely N-dealkylation sites (N-methyl/N-ethyl adjacent to an activating group) is 1. The van der Waals surface area contributed by atoms with E-state index in [1.54, 1.807) is 19.2 Å². The van der Waals surface area contributed by atoms with Gasteiger partial charge in [0.05, 0.1) is 25.8 Å². The molecule has 4 rings (SSSR count). The van der Waals surface area contributed by atoms with Gasteiger partial charge in [-0.3, -0.25) is 4.79 Å². The number of hydrogen-bond acceptors (Lipinski definition) is 10. The van der Waals surface area contributed by atoms with Crippen LogP contribution in [0.5, 0.6) is 11.5 Å². The number of nitrogens with zero attached hydrogens (tertiary/aromatic N) is 1. The van der Waals surface area contributed by atoms with E-state index in [2.05, 4.69) is 4.90 Å². The Hall–Kier alpha value is -3.68. The van der Waals surface area contributed by atoms with E-state index in [1.807, 2.05) is 25.2 Å². The molecule has 0 amide bonds. The maximum Gasteiger partial charge on any atom is 0.335 e. The number of ether oxygens (including phenoxy) is 2. The summed E-state index contributed by atoms with van der Waals surface area (Å²) in [6.45, 7) is 0.813. The fraction of sp³-hybridized carbons (Fsp3) is 0.370. The average Bonchev–Trinajstić information content (AvgIpc) is 3.30. The predicted octanol–water partition coefficient (Wildman–Crippen LogP) is 1.79. The molecule has 0 radical (unpaired) electrons. The zero-order valence-corrected chi connectivity index (χ0v) is 22.7. The maximum absolute atomic E-state index is 13.2. The zero-order chi connectivity index (χ0) is 29.7. The second-order valence-electron chi connectivity index (χ2n) is 9.05. The van der Waals surface area contributed by atoms with Crippen molar-refractivity contribution in [1.82, 2.24) is 4.90 Å². The number of rotatable bonds is 8. The van der Waals surface area contributed by atoms with Crippen molar-refractivity contribution in [3.05, 3.63) is 57.2 Å². The van der Waals surface area contributed by atoms with Crippen molar-refractivity contribution in [1.29, 1.82) is 0 Å². The van der Waals surface area contributed by atoms with E-state index in [0.717, 1.165) is 18.5 Å². The number of fused-ring (bicyclic) bond motifs is 1. The van der Waals surface area contributed by atoms with Crippen LogP contribution < -0.4 is 14.9 Å². The van der Waals surface area contributed by atoms with Gasteiger partial charge in [-0.15, -0.1) is 0 Å². The first-order valence-corrected chi connectivity index (χ1v) is 12.4. The molecule has 12 nitrogen and oxygen atoms in total. The van der Waals surface area contributed by atoms with Crippen LogP contribution in [0.1, 0.15) is 17.9 Å². The number of aliphatic hydroxyl groups excluding tert-OH is 3. The third-order valence-corrected chi connectivity index (χ3v) is 7.06. The standard InChI is InChI=1S/C23H24ClNO5.C4H6O6/c1-25-9-8-14(16(25)12-26)21-19(28-2)11-20(29-3)22-17(27)10-18(30-23(21)22)13-6-4-5-7-15(13)24;5-1(3(7)8)2(6)4(9)10/h4-7,10-11,14,16,26H,8-9,12H2,1-3H3;1-2,5-6H,(H,7,8)(H,9,10). The summed E-state index contributed by atoms with van der Waals surface area (Å²) >= 11 is 6.36. The molecule has 1 aliphatic rings. The summed E-state index contributed by atoms with van der Waals surface area (Å²) in [6.07, 6.45) is -3.73. The summed E-state index contributed by atoms with van der Waals surface area (Å²) in [6, 6.07) is 10.3. The molecule has 1 saturated heterocycles. The molecular weight excluding hydrogens is 550 g/mol. The van der Waals surface area contributed by atoms with Crippen LogP contribution in [-0.2, 0) is 9.59 Å². The fourth-order valence-corrected chi connectivity index (χ4v) is 4.88. The van der Waals surface area contributed by atoms with E-state index in [1.165, 1.54) is 13.2 Å². The minimum atomic E-state index is -2.27. The monoisotopic (exact) mass is 579 g/mol. The highest BCUT2D eigenvalue weighted by molar-refractivity contribution is 6.33. The molecule has 1 aromatic heterocycles. The number of carboxylic acid groups (broad SMARTS) is 2. The second kappa shape index (κ2) is 13.1. The number of benzene rings is 2. The van der Waals surface area contributed by atoms with E-state index in [-0.39, 0.29) is 24.0 Å². The molecule has 3 aromatic rings. The van der Waals surface area contributed by atoms with Crippen molar-refractivity contribution in [2.75, 3.05) is 34.4 Å². The van der Waals surface area contributed by atoms with Gasteiger partial charge in [-0.1, -0.05) is 23.7 Å². The van der Waals surface area contributed by atoms with E-state index in [4.69, 9.17) is 45.9 Å². The molecule has 13 heteroatoms. The highest BCUT2D eigenvalue weighted by atomic mass is 35.5. The van der Waals surface area contributed by atoms with Crippen LogP contribution in [0, 0.1) is 0 Å².